The van der Waals surface area contributed by atoms with Gasteiger partial charge in [-0.3, -0.25) is 9.59 Å². The molecule has 2 N–H and O–H groups in total. The summed E-state index contributed by atoms with van der Waals surface area (Å²) in [5.41, 5.74) is -0.146. The van der Waals surface area contributed by atoms with E-state index < -0.39 is 0 Å². The lowest BCUT2D eigenvalue weighted by atomic mass is 10.2. The maximum atomic E-state index is 11.6. The fourth-order valence-corrected chi connectivity index (χ4v) is 1.89. The van der Waals surface area contributed by atoms with Gasteiger partial charge in [0.15, 0.2) is 0 Å². The van der Waals surface area contributed by atoms with Crippen LogP contribution in [0.1, 0.15) is 32.0 Å². The smallest absolute Gasteiger partial charge is 0.252 e. The van der Waals surface area contributed by atoms with Crippen LogP contribution < -0.4 is 15.8 Å². The second-order valence-corrected chi connectivity index (χ2v) is 4.73. The minimum absolute atomic E-state index is 0.0476. The molecule has 6 nitrogen and oxygen atoms in total. The van der Waals surface area contributed by atoms with Crippen molar-refractivity contribution >= 4 is 11.7 Å². The molecule has 1 amide bonds. The molecule has 0 aromatic carbocycles. The number of aromatic nitrogens is 2. The van der Waals surface area contributed by atoms with E-state index in [2.05, 4.69) is 15.3 Å². The summed E-state index contributed by atoms with van der Waals surface area (Å²) in [5.74, 6) is 1.55. The van der Waals surface area contributed by atoms with Crippen molar-refractivity contribution in [1.29, 1.82) is 0 Å². The van der Waals surface area contributed by atoms with Crippen LogP contribution >= 0.6 is 0 Å². The maximum Gasteiger partial charge on any atom is 0.252 e. The van der Waals surface area contributed by atoms with Crippen LogP contribution in [-0.4, -0.2) is 35.5 Å². The van der Waals surface area contributed by atoms with Crippen LogP contribution in [0.4, 0.5) is 5.82 Å². The van der Waals surface area contributed by atoms with Gasteiger partial charge in [0.2, 0.25) is 5.91 Å². The number of nitrogens with zero attached hydrogens (tertiary/aromatic N) is 2. The van der Waals surface area contributed by atoms with Gasteiger partial charge in [0.1, 0.15) is 11.6 Å². The molecular weight excluding hydrogens is 232 g/mol. The molecule has 0 spiro atoms. The molecule has 0 radical (unpaired) electrons. The van der Waals surface area contributed by atoms with Crippen molar-refractivity contribution in [3.05, 3.63) is 22.2 Å². The normalized spacial score (nSPS) is 16.6. The predicted molar refractivity (Wildman–Crippen MR) is 68.8 cm³/mol. The number of hydrogen-bond donors (Lipinski definition) is 2. The molecule has 18 heavy (non-hydrogen) atoms. The average molecular weight is 250 g/mol. The molecular formula is C12H18N4O2. The third-order valence-electron chi connectivity index (χ3n) is 2.93. The average Bonchev–Trinajstić information content (AvgIpc) is 2.53. The summed E-state index contributed by atoms with van der Waals surface area (Å²) in [4.78, 5) is 32.0. The Hall–Kier alpha value is -1.85. The van der Waals surface area contributed by atoms with E-state index >= 15 is 0 Å². The number of carbonyl (C=O) groups excluding carboxylic acids is 1. The molecule has 98 valence electrons. The lowest BCUT2D eigenvalue weighted by Crippen LogP contribution is -2.30. The third kappa shape index (κ3) is 2.88. The zero-order chi connectivity index (χ0) is 13.1. The van der Waals surface area contributed by atoms with Gasteiger partial charge >= 0.3 is 0 Å². The first-order valence-corrected chi connectivity index (χ1v) is 6.19. The van der Waals surface area contributed by atoms with Gasteiger partial charge in [-0.2, -0.15) is 0 Å². The topological polar surface area (TPSA) is 78.1 Å². The van der Waals surface area contributed by atoms with E-state index in [4.69, 9.17) is 0 Å². The standard InChI is InChI=1S/C12H18N4O2/c1-8(2)12-14-9(7-11(18)15-12)16-5-3-10(17)13-4-6-16/h7-8H,3-6H2,1-2H3,(H,13,17)(H,14,15,18). The van der Waals surface area contributed by atoms with E-state index in [0.717, 1.165) is 0 Å². The molecule has 1 aliphatic heterocycles. The summed E-state index contributed by atoms with van der Waals surface area (Å²) in [6.07, 6.45) is 0.436. The SMILES string of the molecule is CC(C)c1nc(N2CCNC(=O)CC2)cc(=O)[nH]1. The molecule has 0 saturated carbocycles. The van der Waals surface area contributed by atoms with Gasteiger partial charge in [-0.05, 0) is 0 Å². The van der Waals surface area contributed by atoms with Gasteiger partial charge in [-0.25, -0.2) is 4.98 Å². The molecule has 1 aromatic rings. The van der Waals surface area contributed by atoms with Crippen molar-refractivity contribution in [2.75, 3.05) is 24.5 Å². The Labute approximate surface area is 105 Å². The molecule has 1 saturated heterocycles. The molecule has 1 aromatic heterocycles. The summed E-state index contributed by atoms with van der Waals surface area (Å²) in [6, 6.07) is 1.49. The first kappa shape index (κ1) is 12.6. The molecule has 0 bridgehead atoms. The van der Waals surface area contributed by atoms with Crippen molar-refractivity contribution in [2.45, 2.75) is 26.2 Å². The third-order valence-corrected chi connectivity index (χ3v) is 2.93. The Morgan fingerprint density at radius 3 is 2.83 bits per heavy atom. The lowest BCUT2D eigenvalue weighted by molar-refractivity contribution is -0.120. The quantitative estimate of drug-likeness (QED) is 0.787. The second-order valence-electron chi connectivity index (χ2n) is 4.73. The molecule has 1 aliphatic rings. The summed E-state index contributed by atoms with van der Waals surface area (Å²) in [5, 5.41) is 2.80. The summed E-state index contributed by atoms with van der Waals surface area (Å²) >= 11 is 0. The largest absolute Gasteiger partial charge is 0.354 e. The first-order valence-electron chi connectivity index (χ1n) is 6.19. The molecule has 1 fully saturated rings. The van der Waals surface area contributed by atoms with Crippen molar-refractivity contribution < 1.29 is 4.79 Å². The fraction of sp³-hybridized carbons (Fsp3) is 0.583. The Morgan fingerprint density at radius 2 is 2.11 bits per heavy atom. The van der Waals surface area contributed by atoms with E-state index in [0.29, 0.717) is 37.7 Å². The molecule has 6 heteroatoms. The number of carbonyl (C=O) groups is 1. The number of aromatic amines is 1. The Balaban J connectivity index is 2.26. The maximum absolute atomic E-state index is 11.6. The van der Waals surface area contributed by atoms with Crippen molar-refractivity contribution in [3.63, 3.8) is 0 Å². The minimum atomic E-state index is -0.146. The molecule has 2 rings (SSSR count). The Bertz CT molecular complexity index is 495. The summed E-state index contributed by atoms with van der Waals surface area (Å²) in [6.45, 7) is 5.83. The van der Waals surface area contributed by atoms with Gasteiger partial charge < -0.3 is 15.2 Å². The van der Waals surface area contributed by atoms with Crippen LogP contribution in [0.3, 0.4) is 0 Å². The molecule has 0 aliphatic carbocycles. The molecule has 2 heterocycles. The van der Waals surface area contributed by atoms with Crippen LogP contribution in [-0.2, 0) is 4.79 Å². The van der Waals surface area contributed by atoms with E-state index in [1.165, 1.54) is 6.07 Å². The number of H-pyrrole nitrogens is 1. The summed E-state index contributed by atoms with van der Waals surface area (Å²) in [7, 11) is 0. The van der Waals surface area contributed by atoms with E-state index in [1.54, 1.807) is 0 Å². The van der Waals surface area contributed by atoms with Crippen LogP contribution in [0.5, 0.6) is 0 Å². The van der Waals surface area contributed by atoms with Crippen LogP contribution in [0.25, 0.3) is 0 Å². The predicted octanol–water partition coefficient (Wildman–Crippen LogP) is 0.220. The van der Waals surface area contributed by atoms with E-state index in [-0.39, 0.29) is 17.4 Å². The zero-order valence-corrected chi connectivity index (χ0v) is 10.7. The van der Waals surface area contributed by atoms with Gasteiger partial charge in [0, 0.05) is 38.0 Å². The van der Waals surface area contributed by atoms with Gasteiger partial charge in [0.25, 0.3) is 5.56 Å². The van der Waals surface area contributed by atoms with E-state index in [1.807, 2.05) is 18.7 Å². The van der Waals surface area contributed by atoms with Gasteiger partial charge in [0.05, 0.1) is 0 Å². The van der Waals surface area contributed by atoms with E-state index in [9.17, 15) is 9.59 Å². The fourth-order valence-electron chi connectivity index (χ4n) is 1.89. The monoisotopic (exact) mass is 250 g/mol. The summed E-state index contributed by atoms with van der Waals surface area (Å²) < 4.78 is 0. The second kappa shape index (κ2) is 5.20. The Kier molecular flexibility index (Phi) is 3.64. The van der Waals surface area contributed by atoms with Crippen molar-refractivity contribution in [3.8, 4) is 0 Å². The number of amides is 1. The van der Waals surface area contributed by atoms with Crippen molar-refractivity contribution in [2.24, 2.45) is 0 Å². The van der Waals surface area contributed by atoms with Crippen LogP contribution in [0.15, 0.2) is 10.9 Å². The van der Waals surface area contributed by atoms with Gasteiger partial charge in [-0.1, -0.05) is 13.8 Å². The highest BCUT2D eigenvalue weighted by Crippen LogP contribution is 2.13. The molecule has 0 atom stereocenters. The van der Waals surface area contributed by atoms with Crippen molar-refractivity contribution in [1.82, 2.24) is 15.3 Å². The highest BCUT2D eigenvalue weighted by Gasteiger charge is 2.16. The highest BCUT2D eigenvalue weighted by atomic mass is 16.1. The number of rotatable bonds is 2. The van der Waals surface area contributed by atoms with Crippen LogP contribution in [0, 0.1) is 0 Å². The zero-order valence-electron chi connectivity index (χ0n) is 10.7. The Morgan fingerprint density at radius 1 is 1.33 bits per heavy atom. The first-order chi connectivity index (χ1) is 8.56. The molecule has 0 unspecified atom stereocenters. The number of nitrogens with one attached hydrogen (secondary N) is 2. The number of hydrogen-bond acceptors (Lipinski definition) is 4. The number of anilines is 1. The highest BCUT2D eigenvalue weighted by molar-refractivity contribution is 5.77. The van der Waals surface area contributed by atoms with Crippen LogP contribution in [0.2, 0.25) is 0 Å². The lowest BCUT2D eigenvalue weighted by Gasteiger charge is -2.21. The minimum Gasteiger partial charge on any atom is -0.354 e. The van der Waals surface area contributed by atoms with Gasteiger partial charge in [-0.15, -0.1) is 0 Å².